The number of carbonyl (C=O) groups excluding carboxylic acids is 1. The summed E-state index contributed by atoms with van der Waals surface area (Å²) >= 11 is 0. The van der Waals surface area contributed by atoms with Gasteiger partial charge in [0, 0.05) is 55.7 Å². The minimum atomic E-state index is -3.39. The van der Waals surface area contributed by atoms with Crippen LogP contribution in [-0.2, 0) is 22.5 Å². The Morgan fingerprint density at radius 2 is 1.79 bits per heavy atom. The fourth-order valence-electron chi connectivity index (χ4n) is 4.82. The maximum absolute atomic E-state index is 14.0. The molecule has 1 spiro atoms. The first-order chi connectivity index (χ1) is 16.1. The highest BCUT2D eigenvalue weighted by atomic mass is 32.2. The number of carbonyl (C=O) groups is 1. The molecule has 7 nitrogen and oxygen atoms in total. The predicted octanol–water partition coefficient (Wildman–Crippen LogP) is 3.93. The van der Waals surface area contributed by atoms with Crippen LogP contribution < -0.4 is 4.74 Å². The zero-order chi connectivity index (χ0) is 24.3. The average Bonchev–Trinajstić information content (AvgIpc) is 3.22. The summed E-state index contributed by atoms with van der Waals surface area (Å²) < 4.78 is 46.8. The van der Waals surface area contributed by atoms with Crippen molar-refractivity contribution in [1.82, 2.24) is 14.7 Å². The Labute approximate surface area is 198 Å². The number of rotatable bonds is 3. The molecule has 0 radical (unpaired) electrons. The van der Waals surface area contributed by atoms with E-state index in [1.54, 1.807) is 47.8 Å². The van der Waals surface area contributed by atoms with E-state index in [1.807, 2.05) is 7.05 Å². The van der Waals surface area contributed by atoms with Crippen molar-refractivity contribution in [3.8, 4) is 17.0 Å². The molecule has 0 aliphatic carbocycles. The molecule has 0 saturated carbocycles. The number of aryl methyl sites for hydroxylation is 1. The maximum atomic E-state index is 14.0. The van der Waals surface area contributed by atoms with Crippen LogP contribution in [0, 0.1) is 5.82 Å². The zero-order valence-corrected chi connectivity index (χ0v) is 20.1. The molecule has 0 N–H and O–H groups in total. The molecule has 1 aromatic heterocycles. The normalized spacial score (nSPS) is 16.8. The van der Waals surface area contributed by atoms with E-state index in [-0.39, 0.29) is 16.6 Å². The number of amides is 1. The van der Waals surface area contributed by atoms with Crippen molar-refractivity contribution in [3.05, 3.63) is 65.6 Å². The second-order valence-corrected chi connectivity index (χ2v) is 11.7. The van der Waals surface area contributed by atoms with Gasteiger partial charge in [-0.3, -0.25) is 9.48 Å². The highest BCUT2D eigenvalue weighted by Gasteiger charge is 2.46. The smallest absolute Gasteiger partial charge is 0.253 e. The number of nitrogens with zero attached hydrogens (tertiary/aromatic N) is 3. The number of sulfone groups is 1. The molecule has 178 valence electrons. The second-order valence-electron chi connectivity index (χ2n) is 9.18. The molecule has 0 bridgehead atoms. The van der Waals surface area contributed by atoms with Crippen molar-refractivity contribution in [1.29, 1.82) is 0 Å². The van der Waals surface area contributed by atoms with Gasteiger partial charge in [0.2, 0.25) is 0 Å². The Hall–Kier alpha value is -3.20. The third-order valence-electron chi connectivity index (χ3n) is 6.84. The third-order valence-corrected chi connectivity index (χ3v) is 9.01. The van der Waals surface area contributed by atoms with Crippen LogP contribution in [0.15, 0.2) is 53.6 Å². The van der Waals surface area contributed by atoms with Crippen LogP contribution in [-0.4, -0.2) is 47.3 Å². The average molecular weight is 484 g/mol. The molecule has 3 heterocycles. The molecule has 34 heavy (non-hydrogen) atoms. The molecule has 1 saturated heterocycles. The fraction of sp³-hybridized carbons (Fsp3) is 0.360. The van der Waals surface area contributed by atoms with Crippen molar-refractivity contribution < 1.29 is 22.3 Å². The first-order valence-electron chi connectivity index (χ1n) is 11.3. The molecule has 1 amide bonds. The summed E-state index contributed by atoms with van der Waals surface area (Å²) in [5, 5.41) is 3.90. The van der Waals surface area contributed by atoms with Crippen LogP contribution in [0.25, 0.3) is 11.3 Å². The van der Waals surface area contributed by atoms with E-state index in [0.29, 0.717) is 37.2 Å². The standard InChI is InChI=1S/C25H26FN3O4S/c1-16(2)34(31,32)19-7-4-17(5-8-19)24(30)29-12-10-25(11-13-29)21-15-27-28(3)23(21)20-9-6-18(26)14-22(20)33-25/h4-9,14-16H,10-13H2,1-3H3. The summed E-state index contributed by atoms with van der Waals surface area (Å²) in [4.78, 5) is 15.1. The Balaban J connectivity index is 1.37. The lowest BCUT2D eigenvalue weighted by atomic mass is 9.81. The van der Waals surface area contributed by atoms with Crippen LogP contribution in [0.1, 0.15) is 42.6 Å². The van der Waals surface area contributed by atoms with Crippen molar-refractivity contribution in [2.75, 3.05) is 13.1 Å². The summed E-state index contributed by atoms with van der Waals surface area (Å²) in [5.74, 6) is -0.0371. The van der Waals surface area contributed by atoms with Crippen molar-refractivity contribution in [2.45, 2.75) is 42.4 Å². The molecule has 5 rings (SSSR count). The predicted molar refractivity (Wildman–Crippen MR) is 125 cm³/mol. The number of ether oxygens (including phenoxy) is 1. The molecule has 0 unspecified atom stereocenters. The van der Waals surface area contributed by atoms with E-state index < -0.39 is 20.7 Å². The van der Waals surface area contributed by atoms with Gasteiger partial charge in [0.1, 0.15) is 17.2 Å². The quantitative estimate of drug-likeness (QED) is 0.564. The zero-order valence-electron chi connectivity index (χ0n) is 19.3. The van der Waals surface area contributed by atoms with Crippen LogP contribution in [0.4, 0.5) is 4.39 Å². The van der Waals surface area contributed by atoms with Gasteiger partial charge in [-0.15, -0.1) is 0 Å². The van der Waals surface area contributed by atoms with Crippen molar-refractivity contribution >= 4 is 15.7 Å². The number of benzene rings is 2. The van der Waals surface area contributed by atoms with Gasteiger partial charge in [-0.1, -0.05) is 0 Å². The summed E-state index contributed by atoms with van der Waals surface area (Å²) in [7, 11) is -1.54. The minimum Gasteiger partial charge on any atom is -0.481 e. The number of piperidine rings is 1. The van der Waals surface area contributed by atoms with Crippen LogP contribution in [0.3, 0.4) is 0 Å². The molecule has 2 aromatic carbocycles. The van der Waals surface area contributed by atoms with Gasteiger partial charge in [0.15, 0.2) is 9.84 Å². The number of hydrogen-bond acceptors (Lipinski definition) is 5. The molecule has 9 heteroatoms. The van der Waals surface area contributed by atoms with Gasteiger partial charge in [-0.2, -0.15) is 5.10 Å². The summed E-state index contributed by atoms with van der Waals surface area (Å²) in [6.45, 7) is 4.16. The van der Waals surface area contributed by atoms with Crippen molar-refractivity contribution in [3.63, 3.8) is 0 Å². The Morgan fingerprint density at radius 3 is 2.44 bits per heavy atom. The monoisotopic (exact) mass is 483 g/mol. The lowest BCUT2D eigenvalue weighted by Crippen LogP contribution is -2.49. The van der Waals surface area contributed by atoms with E-state index in [0.717, 1.165) is 16.8 Å². The van der Waals surface area contributed by atoms with Gasteiger partial charge in [-0.25, -0.2) is 12.8 Å². The second kappa shape index (κ2) is 7.94. The Bertz CT molecular complexity index is 1370. The SMILES string of the molecule is CC(C)S(=O)(=O)c1ccc(C(=O)N2CCC3(CC2)Oc2cc(F)ccc2-c2c3cnn2C)cc1. The number of aromatic nitrogens is 2. The number of halogens is 1. The largest absolute Gasteiger partial charge is 0.481 e. The molecule has 2 aliphatic heterocycles. The molecular formula is C25H26FN3O4S. The molecular weight excluding hydrogens is 457 g/mol. The number of hydrogen-bond donors (Lipinski definition) is 0. The third kappa shape index (κ3) is 3.50. The lowest BCUT2D eigenvalue weighted by molar-refractivity contribution is -0.00190. The summed E-state index contributed by atoms with van der Waals surface area (Å²) in [5.41, 5.74) is 2.42. The molecule has 0 atom stereocenters. The summed E-state index contributed by atoms with van der Waals surface area (Å²) in [6, 6.07) is 10.6. The summed E-state index contributed by atoms with van der Waals surface area (Å²) in [6.07, 6.45) is 2.87. The molecule has 2 aliphatic rings. The number of likely N-dealkylation sites (tertiary alicyclic amines) is 1. The van der Waals surface area contributed by atoms with E-state index in [9.17, 15) is 17.6 Å². The first kappa shape index (κ1) is 22.6. The van der Waals surface area contributed by atoms with Gasteiger partial charge >= 0.3 is 0 Å². The highest BCUT2D eigenvalue weighted by Crippen LogP contribution is 2.49. The fourth-order valence-corrected chi connectivity index (χ4v) is 5.88. The van der Waals surface area contributed by atoms with E-state index in [2.05, 4.69) is 5.10 Å². The lowest BCUT2D eigenvalue weighted by Gasteiger charge is -2.44. The van der Waals surface area contributed by atoms with Gasteiger partial charge in [0.25, 0.3) is 5.91 Å². The van der Waals surface area contributed by atoms with E-state index in [1.165, 1.54) is 24.3 Å². The van der Waals surface area contributed by atoms with Gasteiger partial charge < -0.3 is 9.64 Å². The van der Waals surface area contributed by atoms with Crippen molar-refractivity contribution in [2.24, 2.45) is 7.05 Å². The molecule has 3 aromatic rings. The topological polar surface area (TPSA) is 81.5 Å². The van der Waals surface area contributed by atoms with Crippen LogP contribution in [0.5, 0.6) is 5.75 Å². The minimum absolute atomic E-state index is 0.156. The van der Waals surface area contributed by atoms with E-state index in [4.69, 9.17) is 4.74 Å². The molecule has 1 fully saturated rings. The van der Waals surface area contributed by atoms with Gasteiger partial charge in [-0.05, 0) is 50.2 Å². The first-order valence-corrected chi connectivity index (χ1v) is 12.8. The van der Waals surface area contributed by atoms with Crippen LogP contribution >= 0.6 is 0 Å². The Morgan fingerprint density at radius 1 is 1.12 bits per heavy atom. The highest BCUT2D eigenvalue weighted by molar-refractivity contribution is 7.92. The maximum Gasteiger partial charge on any atom is 0.253 e. The van der Waals surface area contributed by atoms with E-state index >= 15 is 0 Å². The Kier molecular flexibility index (Phi) is 5.27. The van der Waals surface area contributed by atoms with Crippen LogP contribution in [0.2, 0.25) is 0 Å². The van der Waals surface area contributed by atoms with Gasteiger partial charge in [0.05, 0.1) is 22.0 Å². The number of fused-ring (bicyclic) bond motifs is 4.